The number of ether oxygens (including phenoxy) is 1. The van der Waals surface area contributed by atoms with E-state index < -0.39 is 5.97 Å². The van der Waals surface area contributed by atoms with Gasteiger partial charge >= 0.3 is 5.97 Å². The highest BCUT2D eigenvalue weighted by Crippen LogP contribution is 2.23. The molecule has 1 aliphatic rings. The third-order valence-corrected chi connectivity index (χ3v) is 5.59. The molecule has 0 aliphatic carbocycles. The highest BCUT2D eigenvalue weighted by molar-refractivity contribution is 6.00. The van der Waals surface area contributed by atoms with Crippen molar-refractivity contribution >= 4 is 17.8 Å². The molecule has 10 heteroatoms. The van der Waals surface area contributed by atoms with Crippen LogP contribution in [0.25, 0.3) is 5.69 Å². The molecule has 1 aromatic carbocycles. The number of esters is 1. The Morgan fingerprint density at radius 1 is 1.13 bits per heavy atom. The second-order valence-electron chi connectivity index (χ2n) is 7.33. The van der Waals surface area contributed by atoms with Gasteiger partial charge in [-0.2, -0.15) is 4.68 Å². The molecular formula is C21H25N7O3. The number of rotatable bonds is 5. The Hall–Kier alpha value is -3.69. The number of para-hydroxylation sites is 1. The van der Waals surface area contributed by atoms with Crippen molar-refractivity contribution in [1.82, 2.24) is 30.1 Å². The number of H-pyrrole nitrogens is 1. The number of hydrogen-bond acceptors (Lipinski definition) is 7. The third-order valence-electron chi connectivity index (χ3n) is 5.59. The lowest BCUT2D eigenvalue weighted by Crippen LogP contribution is -2.49. The number of aromatic nitrogens is 5. The van der Waals surface area contributed by atoms with Crippen LogP contribution in [0.15, 0.2) is 30.3 Å². The zero-order chi connectivity index (χ0) is 22.0. The molecule has 10 nitrogen and oxygen atoms in total. The minimum Gasteiger partial charge on any atom is -0.465 e. The van der Waals surface area contributed by atoms with Gasteiger partial charge in [0, 0.05) is 31.9 Å². The first-order valence-electron chi connectivity index (χ1n) is 10.2. The summed E-state index contributed by atoms with van der Waals surface area (Å²) in [7, 11) is 1.35. The number of tetrazole rings is 1. The van der Waals surface area contributed by atoms with E-state index >= 15 is 0 Å². The van der Waals surface area contributed by atoms with Crippen molar-refractivity contribution in [3.63, 3.8) is 0 Å². The van der Waals surface area contributed by atoms with E-state index in [4.69, 9.17) is 4.74 Å². The fourth-order valence-electron chi connectivity index (χ4n) is 3.90. The van der Waals surface area contributed by atoms with Crippen molar-refractivity contribution in [3.05, 3.63) is 52.8 Å². The van der Waals surface area contributed by atoms with Crippen LogP contribution in [-0.2, 0) is 11.2 Å². The highest BCUT2D eigenvalue weighted by Gasteiger charge is 2.29. The molecule has 1 fully saturated rings. The first-order valence-corrected chi connectivity index (χ1v) is 10.2. The fourth-order valence-corrected chi connectivity index (χ4v) is 3.90. The van der Waals surface area contributed by atoms with Gasteiger partial charge in [-0.05, 0) is 41.5 Å². The Labute approximate surface area is 179 Å². The van der Waals surface area contributed by atoms with E-state index in [0.29, 0.717) is 61.1 Å². The van der Waals surface area contributed by atoms with Crippen molar-refractivity contribution in [2.24, 2.45) is 0 Å². The predicted molar refractivity (Wildman–Crippen MR) is 114 cm³/mol. The van der Waals surface area contributed by atoms with Crippen LogP contribution in [0.3, 0.4) is 0 Å². The lowest BCUT2D eigenvalue weighted by Gasteiger charge is -2.34. The van der Waals surface area contributed by atoms with Crippen LogP contribution >= 0.6 is 0 Å². The maximum atomic E-state index is 13.2. The van der Waals surface area contributed by atoms with E-state index in [2.05, 4.69) is 25.4 Å². The van der Waals surface area contributed by atoms with Crippen LogP contribution in [0, 0.1) is 6.92 Å². The summed E-state index contributed by atoms with van der Waals surface area (Å²) in [5.41, 5.74) is 3.12. The first kappa shape index (κ1) is 20.6. The number of carbonyl (C=O) groups is 2. The standard InChI is InChI=1S/C21H25N7O3/c1-4-16-17(20(30)31-3)14(2)18(22-16)19(29)26-10-12-27(13-11-26)21-23-24-25-28(21)15-8-6-5-7-9-15/h5-9,22H,4,10-13H2,1-3H3. The summed E-state index contributed by atoms with van der Waals surface area (Å²) in [4.78, 5) is 32.3. The van der Waals surface area contributed by atoms with Gasteiger partial charge in [-0.3, -0.25) is 4.79 Å². The van der Waals surface area contributed by atoms with Gasteiger partial charge in [0.2, 0.25) is 5.95 Å². The molecule has 3 heterocycles. The van der Waals surface area contributed by atoms with Gasteiger partial charge < -0.3 is 19.5 Å². The molecule has 0 atom stereocenters. The van der Waals surface area contributed by atoms with Gasteiger partial charge in [-0.25, -0.2) is 4.79 Å². The van der Waals surface area contributed by atoms with Crippen molar-refractivity contribution in [2.75, 3.05) is 38.2 Å². The number of anilines is 1. The van der Waals surface area contributed by atoms with Gasteiger partial charge in [0.25, 0.3) is 5.91 Å². The molecule has 1 saturated heterocycles. The van der Waals surface area contributed by atoms with E-state index in [1.54, 1.807) is 16.5 Å². The highest BCUT2D eigenvalue weighted by atomic mass is 16.5. The smallest absolute Gasteiger partial charge is 0.339 e. The van der Waals surface area contributed by atoms with Gasteiger partial charge in [0.1, 0.15) is 5.69 Å². The first-order chi connectivity index (χ1) is 15.0. The van der Waals surface area contributed by atoms with Crippen LogP contribution in [0.2, 0.25) is 0 Å². The number of nitrogens with zero attached hydrogens (tertiary/aromatic N) is 6. The number of aromatic amines is 1. The molecule has 1 N–H and O–H groups in total. The van der Waals surface area contributed by atoms with Crippen molar-refractivity contribution < 1.29 is 14.3 Å². The average molecular weight is 423 g/mol. The van der Waals surface area contributed by atoms with E-state index in [9.17, 15) is 9.59 Å². The van der Waals surface area contributed by atoms with E-state index in [1.807, 2.05) is 37.3 Å². The van der Waals surface area contributed by atoms with Crippen LogP contribution in [0.5, 0.6) is 0 Å². The lowest BCUT2D eigenvalue weighted by atomic mass is 10.1. The van der Waals surface area contributed by atoms with Crippen LogP contribution in [-0.4, -0.2) is 75.3 Å². The summed E-state index contributed by atoms with van der Waals surface area (Å²) in [6.07, 6.45) is 0.606. The van der Waals surface area contributed by atoms with Crippen LogP contribution in [0.4, 0.5) is 5.95 Å². The number of aryl methyl sites for hydroxylation is 1. The monoisotopic (exact) mass is 423 g/mol. The van der Waals surface area contributed by atoms with Crippen molar-refractivity contribution in [1.29, 1.82) is 0 Å². The van der Waals surface area contributed by atoms with Crippen LogP contribution in [0.1, 0.15) is 39.0 Å². The van der Waals surface area contributed by atoms with Crippen molar-refractivity contribution in [3.8, 4) is 5.69 Å². The number of carbonyl (C=O) groups excluding carboxylic acids is 2. The number of amides is 1. The Bertz CT molecular complexity index is 1080. The Balaban J connectivity index is 1.49. The third kappa shape index (κ3) is 3.76. The summed E-state index contributed by atoms with van der Waals surface area (Å²) < 4.78 is 6.59. The largest absolute Gasteiger partial charge is 0.465 e. The quantitative estimate of drug-likeness (QED) is 0.621. The van der Waals surface area contributed by atoms with E-state index in [1.165, 1.54) is 7.11 Å². The summed E-state index contributed by atoms with van der Waals surface area (Å²) in [5.74, 6) is 0.0995. The zero-order valence-electron chi connectivity index (χ0n) is 17.8. The van der Waals surface area contributed by atoms with Gasteiger partial charge in [0.15, 0.2) is 0 Å². The second-order valence-corrected chi connectivity index (χ2v) is 7.33. The summed E-state index contributed by atoms with van der Waals surface area (Å²) >= 11 is 0. The Kier molecular flexibility index (Phi) is 5.70. The van der Waals surface area contributed by atoms with Gasteiger partial charge in [-0.15, -0.1) is 0 Å². The number of nitrogens with one attached hydrogen (secondary N) is 1. The normalized spacial score (nSPS) is 14.0. The molecule has 2 aromatic heterocycles. The molecule has 4 rings (SSSR count). The van der Waals surface area contributed by atoms with Crippen molar-refractivity contribution in [2.45, 2.75) is 20.3 Å². The molecule has 162 valence electrons. The average Bonchev–Trinajstić information content (AvgIpc) is 3.43. The zero-order valence-corrected chi connectivity index (χ0v) is 17.8. The Morgan fingerprint density at radius 2 is 1.84 bits per heavy atom. The van der Waals surface area contributed by atoms with E-state index in [0.717, 1.165) is 5.69 Å². The molecule has 1 amide bonds. The summed E-state index contributed by atoms with van der Waals surface area (Å²) in [6.45, 7) is 5.95. The number of hydrogen-bond donors (Lipinski definition) is 1. The molecule has 0 bridgehead atoms. The molecule has 3 aromatic rings. The Morgan fingerprint density at radius 3 is 2.48 bits per heavy atom. The SMILES string of the molecule is CCc1[nH]c(C(=O)N2CCN(c3nnnn3-c3ccccc3)CC2)c(C)c1C(=O)OC. The predicted octanol–water partition coefficient (Wildman–Crippen LogP) is 1.61. The molecule has 0 radical (unpaired) electrons. The maximum absolute atomic E-state index is 13.2. The maximum Gasteiger partial charge on any atom is 0.339 e. The number of benzene rings is 1. The second kappa shape index (κ2) is 8.58. The van der Waals surface area contributed by atoms with Gasteiger partial charge in [0.05, 0.1) is 18.4 Å². The summed E-state index contributed by atoms with van der Waals surface area (Å²) in [6, 6.07) is 9.69. The lowest BCUT2D eigenvalue weighted by molar-refractivity contribution is 0.0599. The molecule has 31 heavy (non-hydrogen) atoms. The minimum absolute atomic E-state index is 0.121. The molecule has 0 saturated carbocycles. The molecule has 1 aliphatic heterocycles. The fraction of sp³-hybridized carbons (Fsp3) is 0.381. The van der Waals surface area contributed by atoms with Crippen LogP contribution < -0.4 is 4.90 Å². The molecule has 0 spiro atoms. The van der Waals surface area contributed by atoms with E-state index in [-0.39, 0.29) is 5.91 Å². The minimum atomic E-state index is -0.429. The number of methoxy groups -OCH3 is 1. The molecule has 0 unspecified atom stereocenters. The van der Waals surface area contributed by atoms with Gasteiger partial charge in [-0.1, -0.05) is 30.2 Å². The topological polar surface area (TPSA) is 109 Å². The molecular weight excluding hydrogens is 398 g/mol. The summed E-state index contributed by atoms with van der Waals surface area (Å²) in [5, 5.41) is 12.1. The number of piperazine rings is 1.